The van der Waals surface area contributed by atoms with Crippen LogP contribution in [0.15, 0.2) is 42.6 Å². The number of anilines is 1. The standard InChI is InChI=1S/C22H24ClN3O/c1-15-9-11-19-24-21(17-7-4-8-18(23)13-17)22(26(19)14-15)25-20(27)12-10-16-5-2-3-6-16/h4,7-9,11,13-14,16H,2-3,5-6,10,12H2,1H3,(H,25,27). The van der Waals surface area contributed by atoms with Crippen LogP contribution >= 0.6 is 11.6 Å². The first-order valence-corrected chi connectivity index (χ1v) is 10.0. The Morgan fingerprint density at radius 3 is 2.85 bits per heavy atom. The SMILES string of the molecule is Cc1ccc2nc(-c3cccc(Cl)c3)c(NC(=O)CCC3CCCC3)n2c1. The maximum atomic E-state index is 12.7. The van der Waals surface area contributed by atoms with Crippen molar-refractivity contribution in [1.82, 2.24) is 9.38 Å². The van der Waals surface area contributed by atoms with Gasteiger partial charge in [0.15, 0.2) is 0 Å². The van der Waals surface area contributed by atoms with Gasteiger partial charge in [0.25, 0.3) is 0 Å². The van der Waals surface area contributed by atoms with E-state index in [0.717, 1.165) is 28.9 Å². The Balaban J connectivity index is 1.65. The molecule has 1 aliphatic carbocycles. The summed E-state index contributed by atoms with van der Waals surface area (Å²) in [7, 11) is 0. The molecule has 0 radical (unpaired) electrons. The number of nitrogens with one attached hydrogen (secondary N) is 1. The number of imidazole rings is 1. The summed E-state index contributed by atoms with van der Waals surface area (Å²) in [5, 5.41) is 3.77. The van der Waals surface area contributed by atoms with Gasteiger partial charge in [-0.25, -0.2) is 4.98 Å². The number of nitrogens with zero attached hydrogens (tertiary/aromatic N) is 2. The predicted molar refractivity (Wildman–Crippen MR) is 110 cm³/mol. The molecule has 0 bridgehead atoms. The Bertz CT molecular complexity index is 973. The van der Waals surface area contributed by atoms with Crippen LogP contribution in [0.3, 0.4) is 0 Å². The van der Waals surface area contributed by atoms with Crippen LogP contribution in [0, 0.1) is 12.8 Å². The number of carbonyl (C=O) groups is 1. The first-order chi connectivity index (χ1) is 13.1. The molecule has 3 aromatic rings. The number of aromatic nitrogens is 2. The van der Waals surface area contributed by atoms with Crippen molar-refractivity contribution in [3.05, 3.63) is 53.2 Å². The van der Waals surface area contributed by atoms with Gasteiger partial charge in [-0.15, -0.1) is 0 Å². The molecule has 1 N–H and O–H groups in total. The largest absolute Gasteiger partial charge is 0.310 e. The fourth-order valence-electron chi connectivity index (χ4n) is 3.94. The van der Waals surface area contributed by atoms with Crippen LogP contribution in [-0.2, 0) is 4.79 Å². The van der Waals surface area contributed by atoms with Gasteiger partial charge in [0.2, 0.25) is 5.91 Å². The molecule has 1 saturated carbocycles. The van der Waals surface area contributed by atoms with E-state index in [1.807, 2.05) is 53.9 Å². The van der Waals surface area contributed by atoms with Crippen molar-refractivity contribution < 1.29 is 4.79 Å². The van der Waals surface area contributed by atoms with Gasteiger partial charge in [-0.1, -0.05) is 55.5 Å². The summed E-state index contributed by atoms with van der Waals surface area (Å²) in [6, 6.07) is 11.6. The molecule has 0 spiro atoms. The molecular weight excluding hydrogens is 358 g/mol. The summed E-state index contributed by atoms with van der Waals surface area (Å²) in [4.78, 5) is 17.4. The summed E-state index contributed by atoms with van der Waals surface area (Å²) < 4.78 is 1.96. The number of pyridine rings is 1. The van der Waals surface area contributed by atoms with E-state index in [4.69, 9.17) is 16.6 Å². The van der Waals surface area contributed by atoms with E-state index in [1.54, 1.807) is 0 Å². The maximum Gasteiger partial charge on any atom is 0.225 e. The lowest BCUT2D eigenvalue weighted by atomic mass is 10.0. The Morgan fingerprint density at radius 2 is 2.07 bits per heavy atom. The van der Waals surface area contributed by atoms with E-state index in [9.17, 15) is 4.79 Å². The molecule has 0 aliphatic heterocycles. The van der Waals surface area contributed by atoms with Crippen LogP contribution in [0.4, 0.5) is 5.82 Å². The highest BCUT2D eigenvalue weighted by Crippen LogP contribution is 2.32. The molecule has 0 atom stereocenters. The van der Waals surface area contributed by atoms with Crippen LogP contribution in [0.5, 0.6) is 0 Å². The molecular formula is C22H24ClN3O. The van der Waals surface area contributed by atoms with Gasteiger partial charge < -0.3 is 5.32 Å². The van der Waals surface area contributed by atoms with E-state index < -0.39 is 0 Å². The molecule has 4 rings (SSSR count). The van der Waals surface area contributed by atoms with Crippen LogP contribution in [0.1, 0.15) is 44.1 Å². The third-order valence-corrected chi connectivity index (χ3v) is 5.61. The number of hydrogen-bond donors (Lipinski definition) is 1. The van der Waals surface area contributed by atoms with Gasteiger partial charge in [0.1, 0.15) is 17.2 Å². The second-order valence-corrected chi connectivity index (χ2v) is 7.93. The van der Waals surface area contributed by atoms with Gasteiger partial charge in [0.05, 0.1) is 0 Å². The molecule has 140 valence electrons. The lowest BCUT2D eigenvalue weighted by Gasteiger charge is -2.11. The van der Waals surface area contributed by atoms with Crippen molar-refractivity contribution in [1.29, 1.82) is 0 Å². The van der Waals surface area contributed by atoms with Crippen molar-refractivity contribution in [2.75, 3.05) is 5.32 Å². The third-order valence-electron chi connectivity index (χ3n) is 5.38. The third kappa shape index (κ3) is 4.01. The lowest BCUT2D eigenvalue weighted by Crippen LogP contribution is -2.14. The first kappa shape index (κ1) is 18.1. The maximum absolute atomic E-state index is 12.7. The second kappa shape index (κ2) is 7.73. The topological polar surface area (TPSA) is 46.4 Å². The molecule has 27 heavy (non-hydrogen) atoms. The average Bonchev–Trinajstić information content (AvgIpc) is 3.28. The van der Waals surface area contributed by atoms with Gasteiger partial charge in [-0.05, 0) is 43.0 Å². The molecule has 1 fully saturated rings. The number of halogens is 1. The molecule has 2 aromatic heterocycles. The highest BCUT2D eigenvalue weighted by atomic mass is 35.5. The van der Waals surface area contributed by atoms with E-state index in [-0.39, 0.29) is 5.91 Å². The normalized spacial score (nSPS) is 14.7. The van der Waals surface area contributed by atoms with Crippen molar-refractivity contribution in [3.63, 3.8) is 0 Å². The van der Waals surface area contributed by atoms with Crippen molar-refractivity contribution >= 4 is 29.0 Å². The highest BCUT2D eigenvalue weighted by Gasteiger charge is 2.19. The molecule has 1 amide bonds. The summed E-state index contributed by atoms with van der Waals surface area (Å²) in [6.07, 6.45) is 8.65. The Hall–Kier alpha value is -2.33. The quantitative estimate of drug-likeness (QED) is 0.600. The molecule has 4 nitrogen and oxygen atoms in total. The van der Waals surface area contributed by atoms with Crippen molar-refractivity contribution in [2.24, 2.45) is 5.92 Å². The van der Waals surface area contributed by atoms with Crippen LogP contribution < -0.4 is 5.32 Å². The molecule has 0 unspecified atom stereocenters. The minimum Gasteiger partial charge on any atom is -0.310 e. The lowest BCUT2D eigenvalue weighted by molar-refractivity contribution is -0.116. The van der Waals surface area contributed by atoms with Gasteiger partial charge in [-0.3, -0.25) is 9.20 Å². The Kier molecular flexibility index (Phi) is 5.17. The fraction of sp³-hybridized carbons (Fsp3) is 0.364. The number of benzene rings is 1. The second-order valence-electron chi connectivity index (χ2n) is 7.49. The summed E-state index contributed by atoms with van der Waals surface area (Å²) >= 11 is 6.18. The van der Waals surface area contributed by atoms with Crippen LogP contribution in [-0.4, -0.2) is 15.3 Å². The number of rotatable bonds is 5. The highest BCUT2D eigenvalue weighted by molar-refractivity contribution is 6.30. The average molecular weight is 382 g/mol. The number of fused-ring (bicyclic) bond motifs is 1. The molecule has 0 saturated heterocycles. The molecule has 2 heterocycles. The zero-order chi connectivity index (χ0) is 18.8. The van der Waals surface area contributed by atoms with E-state index in [0.29, 0.717) is 23.2 Å². The smallest absolute Gasteiger partial charge is 0.225 e. The summed E-state index contributed by atoms with van der Waals surface area (Å²) in [6.45, 7) is 2.03. The number of aryl methyl sites for hydroxylation is 1. The predicted octanol–water partition coefficient (Wildman–Crippen LogP) is 5.87. The van der Waals surface area contributed by atoms with Gasteiger partial charge in [-0.2, -0.15) is 0 Å². The molecule has 5 heteroatoms. The Morgan fingerprint density at radius 1 is 1.26 bits per heavy atom. The van der Waals surface area contributed by atoms with E-state index in [1.165, 1.54) is 25.7 Å². The summed E-state index contributed by atoms with van der Waals surface area (Å²) in [5.74, 6) is 1.47. The minimum absolute atomic E-state index is 0.0495. The number of hydrogen-bond acceptors (Lipinski definition) is 2. The molecule has 1 aromatic carbocycles. The van der Waals surface area contributed by atoms with Crippen LogP contribution in [0.2, 0.25) is 5.02 Å². The fourth-order valence-corrected chi connectivity index (χ4v) is 4.13. The van der Waals surface area contributed by atoms with Gasteiger partial charge >= 0.3 is 0 Å². The van der Waals surface area contributed by atoms with E-state index >= 15 is 0 Å². The summed E-state index contributed by atoms with van der Waals surface area (Å²) in [5.41, 5.74) is 3.56. The van der Waals surface area contributed by atoms with Gasteiger partial charge in [0, 0.05) is 23.2 Å². The van der Waals surface area contributed by atoms with Crippen molar-refractivity contribution in [2.45, 2.75) is 45.4 Å². The monoisotopic (exact) mass is 381 g/mol. The zero-order valence-corrected chi connectivity index (χ0v) is 16.3. The molecule has 1 aliphatic rings. The number of carbonyl (C=O) groups excluding carboxylic acids is 1. The first-order valence-electron chi connectivity index (χ1n) is 9.64. The number of amides is 1. The van der Waals surface area contributed by atoms with Crippen molar-refractivity contribution in [3.8, 4) is 11.3 Å². The minimum atomic E-state index is 0.0495. The van der Waals surface area contributed by atoms with E-state index in [2.05, 4.69) is 5.32 Å². The Labute approximate surface area is 164 Å². The van der Waals surface area contributed by atoms with Crippen LogP contribution in [0.25, 0.3) is 16.9 Å². The zero-order valence-electron chi connectivity index (χ0n) is 15.5.